The molecule has 0 radical (unpaired) electrons. The highest BCUT2D eigenvalue weighted by atomic mass is 32.2. The van der Waals surface area contributed by atoms with E-state index in [-0.39, 0.29) is 11.9 Å². The second-order valence-electron chi connectivity index (χ2n) is 4.48. The molecule has 1 aromatic rings. The van der Waals surface area contributed by atoms with Crippen LogP contribution in [0.5, 0.6) is 0 Å². The summed E-state index contributed by atoms with van der Waals surface area (Å²) in [5, 5.41) is 3.62. The van der Waals surface area contributed by atoms with Crippen LogP contribution in [0.1, 0.15) is 18.9 Å². The highest BCUT2D eigenvalue weighted by molar-refractivity contribution is 7.98. The van der Waals surface area contributed by atoms with Gasteiger partial charge in [0.2, 0.25) is 0 Å². The number of carbonyl (C=O) groups excluding carboxylic acids is 1. The minimum Gasteiger partial charge on any atom is -0.350 e. The standard InChI is InChI=1S/C14H18N2OS2/c1-3-10-4-6-11(7-5-10)16-13(17)12(8-9-19-2)15-14(16)18/h4-7,12H,3,8-9H2,1-2H3,(H,15,18). The number of rotatable bonds is 5. The van der Waals surface area contributed by atoms with Gasteiger partial charge in [0.25, 0.3) is 5.91 Å². The number of nitrogens with zero attached hydrogens (tertiary/aromatic N) is 1. The van der Waals surface area contributed by atoms with Gasteiger partial charge in [0, 0.05) is 0 Å². The summed E-state index contributed by atoms with van der Waals surface area (Å²) in [5.41, 5.74) is 2.11. The predicted molar refractivity (Wildman–Crippen MR) is 85.8 cm³/mol. The van der Waals surface area contributed by atoms with Crippen molar-refractivity contribution in [2.24, 2.45) is 0 Å². The molecule has 5 heteroatoms. The number of amides is 1. The summed E-state index contributed by atoms with van der Waals surface area (Å²) in [5.74, 6) is 1.01. The molecule has 1 fully saturated rings. The average molecular weight is 294 g/mol. The van der Waals surface area contributed by atoms with Crippen LogP contribution in [0.2, 0.25) is 0 Å². The lowest BCUT2D eigenvalue weighted by Gasteiger charge is -2.15. The molecule has 3 nitrogen and oxygen atoms in total. The normalized spacial score (nSPS) is 18.8. The molecule has 1 aliphatic heterocycles. The summed E-state index contributed by atoms with van der Waals surface area (Å²) < 4.78 is 0. The topological polar surface area (TPSA) is 32.3 Å². The van der Waals surface area contributed by atoms with E-state index < -0.39 is 0 Å². The molecule has 1 aromatic carbocycles. The average Bonchev–Trinajstić information content (AvgIpc) is 2.71. The Balaban J connectivity index is 2.14. The zero-order valence-electron chi connectivity index (χ0n) is 11.2. The molecule has 0 aliphatic carbocycles. The van der Waals surface area contributed by atoms with E-state index in [1.807, 2.05) is 30.5 Å². The Hall–Kier alpha value is -1.07. The molecule has 0 saturated carbocycles. The second kappa shape index (κ2) is 6.39. The monoisotopic (exact) mass is 294 g/mol. The van der Waals surface area contributed by atoms with Crippen LogP contribution in [-0.4, -0.2) is 29.1 Å². The molecule has 1 unspecified atom stereocenters. The lowest BCUT2D eigenvalue weighted by molar-refractivity contribution is -0.118. The quantitative estimate of drug-likeness (QED) is 0.846. The largest absolute Gasteiger partial charge is 0.350 e. The van der Waals surface area contributed by atoms with Gasteiger partial charge in [0.05, 0.1) is 5.69 Å². The molecule has 2 rings (SSSR count). The highest BCUT2D eigenvalue weighted by Gasteiger charge is 2.35. The molecule has 0 spiro atoms. The molecule has 0 bridgehead atoms. The number of hydrogen-bond acceptors (Lipinski definition) is 3. The van der Waals surface area contributed by atoms with E-state index in [4.69, 9.17) is 12.2 Å². The number of aryl methyl sites for hydroxylation is 1. The van der Waals surface area contributed by atoms with Crippen molar-refractivity contribution in [3.8, 4) is 0 Å². The lowest BCUT2D eigenvalue weighted by atomic mass is 10.1. The Morgan fingerprint density at radius 3 is 2.63 bits per heavy atom. The Morgan fingerprint density at radius 2 is 2.05 bits per heavy atom. The van der Waals surface area contributed by atoms with Crippen molar-refractivity contribution in [1.29, 1.82) is 0 Å². The Bertz CT molecular complexity index is 473. The van der Waals surface area contributed by atoms with Crippen LogP contribution in [0.15, 0.2) is 24.3 Å². The van der Waals surface area contributed by atoms with E-state index in [2.05, 4.69) is 12.2 Å². The van der Waals surface area contributed by atoms with E-state index >= 15 is 0 Å². The van der Waals surface area contributed by atoms with Gasteiger partial charge in [0.1, 0.15) is 6.04 Å². The van der Waals surface area contributed by atoms with Crippen molar-refractivity contribution < 1.29 is 4.79 Å². The molecule has 1 atom stereocenters. The molecule has 0 aromatic heterocycles. The summed E-state index contributed by atoms with van der Waals surface area (Å²) in [6, 6.07) is 7.83. The molecular weight excluding hydrogens is 276 g/mol. The summed E-state index contributed by atoms with van der Waals surface area (Å²) in [6.07, 6.45) is 3.84. The number of nitrogens with one attached hydrogen (secondary N) is 1. The van der Waals surface area contributed by atoms with Crippen molar-refractivity contribution in [3.05, 3.63) is 29.8 Å². The molecule has 1 N–H and O–H groups in total. The summed E-state index contributed by atoms with van der Waals surface area (Å²) in [7, 11) is 0. The van der Waals surface area contributed by atoms with E-state index in [1.54, 1.807) is 16.7 Å². The molecule has 1 heterocycles. The smallest absolute Gasteiger partial charge is 0.255 e. The first-order valence-electron chi connectivity index (χ1n) is 6.39. The van der Waals surface area contributed by atoms with Crippen LogP contribution in [0.4, 0.5) is 5.69 Å². The van der Waals surface area contributed by atoms with E-state index in [9.17, 15) is 4.79 Å². The van der Waals surface area contributed by atoms with Gasteiger partial charge in [-0.15, -0.1) is 0 Å². The van der Waals surface area contributed by atoms with Crippen LogP contribution in [-0.2, 0) is 11.2 Å². The third kappa shape index (κ3) is 3.09. The zero-order valence-corrected chi connectivity index (χ0v) is 12.8. The van der Waals surface area contributed by atoms with Gasteiger partial charge in [-0.3, -0.25) is 9.69 Å². The molecule has 1 aliphatic rings. The van der Waals surface area contributed by atoms with Crippen molar-refractivity contribution in [3.63, 3.8) is 0 Å². The number of anilines is 1. The van der Waals surface area contributed by atoms with Gasteiger partial charge >= 0.3 is 0 Å². The SMILES string of the molecule is CCc1ccc(N2C(=O)C(CCSC)NC2=S)cc1. The fourth-order valence-electron chi connectivity index (χ4n) is 2.09. The maximum atomic E-state index is 12.3. The molecule has 1 amide bonds. The fraction of sp³-hybridized carbons (Fsp3) is 0.429. The van der Waals surface area contributed by atoms with Gasteiger partial charge in [-0.25, -0.2) is 0 Å². The third-order valence-corrected chi connectivity index (χ3v) is 4.18. The van der Waals surface area contributed by atoms with Gasteiger partial charge in [-0.2, -0.15) is 11.8 Å². The maximum absolute atomic E-state index is 12.3. The number of thioether (sulfide) groups is 1. The number of thiocarbonyl (C=S) groups is 1. The summed E-state index contributed by atoms with van der Waals surface area (Å²) in [6.45, 7) is 2.11. The Labute approximate surface area is 123 Å². The van der Waals surface area contributed by atoms with Gasteiger partial charge < -0.3 is 5.32 Å². The van der Waals surface area contributed by atoms with Crippen LogP contribution >= 0.6 is 24.0 Å². The fourth-order valence-corrected chi connectivity index (χ4v) is 2.90. The summed E-state index contributed by atoms with van der Waals surface area (Å²) >= 11 is 7.02. The second-order valence-corrected chi connectivity index (χ2v) is 5.85. The molecule has 19 heavy (non-hydrogen) atoms. The number of hydrogen-bond donors (Lipinski definition) is 1. The maximum Gasteiger partial charge on any atom is 0.255 e. The first kappa shape index (κ1) is 14.3. The highest BCUT2D eigenvalue weighted by Crippen LogP contribution is 2.22. The molecule has 102 valence electrons. The van der Waals surface area contributed by atoms with E-state index in [0.29, 0.717) is 5.11 Å². The predicted octanol–water partition coefficient (Wildman–Crippen LogP) is 2.59. The first-order valence-corrected chi connectivity index (χ1v) is 8.20. The zero-order chi connectivity index (χ0) is 13.8. The van der Waals surface area contributed by atoms with Crippen LogP contribution in [0, 0.1) is 0 Å². The minimum absolute atomic E-state index is 0.0586. The third-order valence-electron chi connectivity index (χ3n) is 3.23. The molecular formula is C14H18N2OS2. The van der Waals surface area contributed by atoms with Crippen LogP contribution in [0.25, 0.3) is 0 Å². The van der Waals surface area contributed by atoms with Crippen molar-refractivity contribution in [2.45, 2.75) is 25.8 Å². The van der Waals surface area contributed by atoms with E-state index in [0.717, 1.165) is 24.3 Å². The number of benzene rings is 1. The van der Waals surface area contributed by atoms with Crippen molar-refractivity contribution >= 4 is 40.7 Å². The van der Waals surface area contributed by atoms with E-state index in [1.165, 1.54) is 5.56 Å². The van der Waals surface area contributed by atoms with Crippen molar-refractivity contribution in [1.82, 2.24) is 5.32 Å². The molecule has 1 saturated heterocycles. The Morgan fingerprint density at radius 1 is 1.37 bits per heavy atom. The Kier molecular flexibility index (Phi) is 4.82. The van der Waals surface area contributed by atoms with Crippen LogP contribution < -0.4 is 10.2 Å². The van der Waals surface area contributed by atoms with Gasteiger partial charge in [0.15, 0.2) is 5.11 Å². The minimum atomic E-state index is -0.175. The van der Waals surface area contributed by atoms with Crippen LogP contribution in [0.3, 0.4) is 0 Å². The first-order chi connectivity index (χ1) is 9.17. The lowest BCUT2D eigenvalue weighted by Crippen LogP contribution is -2.31. The van der Waals surface area contributed by atoms with Crippen molar-refractivity contribution in [2.75, 3.05) is 16.9 Å². The summed E-state index contributed by atoms with van der Waals surface area (Å²) in [4.78, 5) is 14.0. The number of carbonyl (C=O) groups is 1. The van der Waals surface area contributed by atoms with Gasteiger partial charge in [-0.1, -0.05) is 19.1 Å². The van der Waals surface area contributed by atoms with Gasteiger partial charge in [-0.05, 0) is 54.8 Å².